The second-order valence-corrected chi connectivity index (χ2v) is 6.69. The molecule has 2 amide bonds. The maximum Gasteiger partial charge on any atom is 0.251 e. The van der Waals surface area contributed by atoms with Gasteiger partial charge in [0, 0.05) is 36.2 Å². The monoisotopic (exact) mass is 328 g/mol. The summed E-state index contributed by atoms with van der Waals surface area (Å²) in [5.41, 5.74) is 8.13. The molecule has 1 aromatic rings. The molecule has 1 fully saturated rings. The van der Waals surface area contributed by atoms with E-state index in [0.717, 1.165) is 43.6 Å². The molecule has 0 bridgehead atoms. The van der Waals surface area contributed by atoms with Crippen molar-refractivity contribution in [2.45, 2.75) is 45.1 Å². The summed E-state index contributed by atoms with van der Waals surface area (Å²) in [5, 5.41) is 9.44. The van der Waals surface area contributed by atoms with Crippen LogP contribution in [0.25, 0.3) is 0 Å². The zero-order valence-electron chi connectivity index (χ0n) is 14.0. The first-order valence-corrected chi connectivity index (χ1v) is 8.55. The van der Waals surface area contributed by atoms with Gasteiger partial charge in [-0.15, -0.1) is 0 Å². The molecule has 2 unspecified atom stereocenters. The van der Waals surface area contributed by atoms with Crippen molar-refractivity contribution in [3.8, 4) is 0 Å². The van der Waals surface area contributed by atoms with Crippen molar-refractivity contribution in [1.82, 2.24) is 5.32 Å². The highest BCUT2D eigenvalue weighted by Gasteiger charge is 2.26. The van der Waals surface area contributed by atoms with Gasteiger partial charge >= 0.3 is 0 Å². The van der Waals surface area contributed by atoms with Crippen molar-refractivity contribution in [3.63, 3.8) is 0 Å². The minimum absolute atomic E-state index is 0.0225. The van der Waals surface area contributed by atoms with Crippen LogP contribution in [0, 0.1) is 5.92 Å². The number of amides is 2. The van der Waals surface area contributed by atoms with Crippen LogP contribution in [0.3, 0.4) is 0 Å². The lowest BCUT2D eigenvalue weighted by atomic mass is 9.85. The van der Waals surface area contributed by atoms with Crippen LogP contribution in [0.2, 0.25) is 0 Å². The Hall–Kier alpha value is -2.37. The summed E-state index contributed by atoms with van der Waals surface area (Å²) < 4.78 is 0. The van der Waals surface area contributed by atoms with E-state index in [0.29, 0.717) is 12.0 Å². The Morgan fingerprint density at radius 2 is 2.00 bits per heavy atom. The molecule has 2 aliphatic rings. The maximum atomic E-state index is 12.4. The number of carbonyl (C=O) groups is 2. The van der Waals surface area contributed by atoms with E-state index in [1.165, 1.54) is 0 Å². The number of hydrogen-bond donors (Lipinski definition) is 2. The van der Waals surface area contributed by atoms with Crippen LogP contribution >= 0.6 is 0 Å². The molecule has 1 heterocycles. The number of nitrogens with one attached hydrogen (secondary N) is 1. The Labute approximate surface area is 142 Å². The predicted molar refractivity (Wildman–Crippen MR) is 93.9 cm³/mol. The van der Waals surface area contributed by atoms with Gasteiger partial charge < -0.3 is 11.1 Å². The second kappa shape index (κ2) is 7.03. The Bertz CT molecular complexity index is 653. The van der Waals surface area contributed by atoms with Gasteiger partial charge in [-0.05, 0) is 50.5 Å². The van der Waals surface area contributed by atoms with Crippen LogP contribution in [0.15, 0.2) is 29.4 Å². The van der Waals surface area contributed by atoms with E-state index in [4.69, 9.17) is 5.73 Å². The number of anilines is 1. The van der Waals surface area contributed by atoms with Crippen LogP contribution in [-0.4, -0.2) is 30.1 Å². The third-order valence-electron chi connectivity index (χ3n) is 4.82. The second-order valence-electron chi connectivity index (χ2n) is 6.69. The number of benzene rings is 1. The molecule has 6 nitrogen and oxygen atoms in total. The average molecular weight is 328 g/mol. The molecule has 6 heteroatoms. The number of nitrogens with two attached hydrogens (primary N) is 1. The molecule has 24 heavy (non-hydrogen) atoms. The molecular weight excluding hydrogens is 304 g/mol. The zero-order chi connectivity index (χ0) is 17.1. The van der Waals surface area contributed by atoms with Crippen LogP contribution < -0.4 is 16.1 Å². The molecule has 128 valence electrons. The average Bonchev–Trinajstić information content (AvgIpc) is 3.01. The van der Waals surface area contributed by atoms with Gasteiger partial charge in [0.1, 0.15) is 0 Å². The van der Waals surface area contributed by atoms with Crippen molar-refractivity contribution >= 4 is 23.2 Å². The van der Waals surface area contributed by atoms with Gasteiger partial charge in [0.15, 0.2) is 0 Å². The van der Waals surface area contributed by atoms with E-state index in [1.54, 1.807) is 0 Å². The van der Waals surface area contributed by atoms with Gasteiger partial charge in [0.25, 0.3) is 5.91 Å². The summed E-state index contributed by atoms with van der Waals surface area (Å²) in [7, 11) is 0. The van der Waals surface area contributed by atoms with Gasteiger partial charge in [-0.3, -0.25) is 14.6 Å². The standard InChI is InChI=1S/C18H24N4O2/c1-12-9-10-22(21-12)16-7-5-13(6-8-16)18(24)20-15-4-2-3-14(11-15)17(19)23/h5-8,14-15H,2-4,9-11H2,1H3,(H2,19,23)(H,20,24). The van der Waals surface area contributed by atoms with Crippen molar-refractivity contribution in [3.05, 3.63) is 29.8 Å². The number of primary amides is 1. The summed E-state index contributed by atoms with van der Waals surface area (Å²) >= 11 is 0. The van der Waals surface area contributed by atoms with E-state index in [-0.39, 0.29) is 23.8 Å². The molecule has 1 aliphatic heterocycles. The van der Waals surface area contributed by atoms with Crippen LogP contribution in [0.1, 0.15) is 49.4 Å². The smallest absolute Gasteiger partial charge is 0.251 e. The molecule has 1 saturated carbocycles. The molecule has 1 aliphatic carbocycles. The highest BCUT2D eigenvalue weighted by molar-refractivity contribution is 5.95. The topological polar surface area (TPSA) is 87.8 Å². The van der Waals surface area contributed by atoms with E-state index in [2.05, 4.69) is 10.4 Å². The maximum absolute atomic E-state index is 12.4. The van der Waals surface area contributed by atoms with E-state index >= 15 is 0 Å². The fourth-order valence-corrected chi connectivity index (χ4v) is 3.39. The van der Waals surface area contributed by atoms with Crippen LogP contribution in [0.4, 0.5) is 5.69 Å². The largest absolute Gasteiger partial charge is 0.369 e. The van der Waals surface area contributed by atoms with Crippen molar-refractivity contribution in [2.24, 2.45) is 16.8 Å². The first-order chi connectivity index (χ1) is 11.5. The van der Waals surface area contributed by atoms with Gasteiger partial charge in [-0.2, -0.15) is 5.10 Å². The Morgan fingerprint density at radius 3 is 2.62 bits per heavy atom. The molecule has 0 saturated heterocycles. The molecule has 3 N–H and O–H groups in total. The Balaban J connectivity index is 1.60. The number of hydrogen-bond acceptors (Lipinski definition) is 4. The fraction of sp³-hybridized carbons (Fsp3) is 0.500. The van der Waals surface area contributed by atoms with E-state index in [1.807, 2.05) is 36.2 Å². The van der Waals surface area contributed by atoms with Crippen molar-refractivity contribution < 1.29 is 9.59 Å². The summed E-state index contributed by atoms with van der Waals surface area (Å²) in [4.78, 5) is 23.7. The summed E-state index contributed by atoms with van der Waals surface area (Å²) in [6.45, 7) is 2.90. The number of carbonyl (C=O) groups excluding carboxylic acids is 2. The summed E-state index contributed by atoms with van der Waals surface area (Å²) in [6, 6.07) is 7.51. The quantitative estimate of drug-likeness (QED) is 0.886. The van der Waals surface area contributed by atoms with Crippen molar-refractivity contribution in [2.75, 3.05) is 11.6 Å². The SMILES string of the molecule is CC1=NN(c2ccc(C(=O)NC3CCCC(C(N)=O)C3)cc2)CC1. The first-order valence-electron chi connectivity index (χ1n) is 8.55. The van der Waals surface area contributed by atoms with Gasteiger partial charge in [-0.25, -0.2) is 0 Å². The molecular formula is C18H24N4O2. The molecule has 0 spiro atoms. The molecule has 0 radical (unpaired) electrons. The van der Waals surface area contributed by atoms with Crippen molar-refractivity contribution in [1.29, 1.82) is 0 Å². The number of rotatable bonds is 4. The van der Waals surface area contributed by atoms with Crippen LogP contribution in [0.5, 0.6) is 0 Å². The van der Waals surface area contributed by atoms with Gasteiger partial charge in [0.05, 0.1) is 5.69 Å². The lowest BCUT2D eigenvalue weighted by molar-refractivity contribution is -0.122. The molecule has 3 rings (SSSR count). The lowest BCUT2D eigenvalue weighted by Gasteiger charge is -2.28. The minimum Gasteiger partial charge on any atom is -0.369 e. The van der Waals surface area contributed by atoms with Gasteiger partial charge in [0.2, 0.25) is 5.91 Å². The highest BCUT2D eigenvalue weighted by Crippen LogP contribution is 2.24. The van der Waals surface area contributed by atoms with E-state index < -0.39 is 0 Å². The van der Waals surface area contributed by atoms with E-state index in [9.17, 15) is 9.59 Å². The first kappa shape index (κ1) is 16.5. The summed E-state index contributed by atoms with van der Waals surface area (Å²) in [5.74, 6) is -0.486. The van der Waals surface area contributed by atoms with Crippen LogP contribution in [-0.2, 0) is 4.79 Å². The predicted octanol–water partition coefficient (Wildman–Crippen LogP) is 2.05. The fourth-order valence-electron chi connectivity index (χ4n) is 3.39. The lowest BCUT2D eigenvalue weighted by Crippen LogP contribution is -2.41. The minimum atomic E-state index is -0.264. The number of nitrogens with zero attached hydrogens (tertiary/aromatic N) is 2. The number of hydrazone groups is 1. The highest BCUT2D eigenvalue weighted by atomic mass is 16.2. The third kappa shape index (κ3) is 3.75. The third-order valence-corrected chi connectivity index (χ3v) is 4.82. The van der Waals surface area contributed by atoms with Gasteiger partial charge in [-0.1, -0.05) is 6.42 Å². The molecule has 0 aromatic heterocycles. The Morgan fingerprint density at radius 1 is 1.25 bits per heavy atom. The molecule has 1 aromatic carbocycles. The summed E-state index contributed by atoms with van der Waals surface area (Å²) in [6.07, 6.45) is 4.26. The Kier molecular flexibility index (Phi) is 4.83. The zero-order valence-corrected chi connectivity index (χ0v) is 14.0. The molecule has 2 atom stereocenters. The normalized spacial score (nSPS) is 23.7.